The van der Waals surface area contributed by atoms with Gasteiger partial charge in [-0.1, -0.05) is 34.1 Å². The molecule has 0 unspecified atom stereocenters. The van der Waals surface area contributed by atoms with Crippen molar-refractivity contribution < 1.29 is 23.2 Å². The molecule has 0 atom stereocenters. The number of benzene rings is 1. The van der Waals surface area contributed by atoms with Crippen LogP contribution in [-0.2, 0) is 16.6 Å². The number of ether oxygens (including phenoxy) is 1. The maximum Gasteiger partial charge on any atom is 0.312 e. The molecule has 0 aliphatic heterocycles. The lowest BCUT2D eigenvalue weighted by Gasteiger charge is -2.11. The largest absolute Gasteiger partial charge is 0.499 e. The predicted molar refractivity (Wildman–Crippen MR) is 113 cm³/mol. The van der Waals surface area contributed by atoms with Gasteiger partial charge in [0.2, 0.25) is 5.76 Å². The van der Waals surface area contributed by atoms with Crippen LogP contribution in [0.2, 0.25) is 5.02 Å². The number of carbonyl (C=O) groups is 1. The van der Waals surface area contributed by atoms with Gasteiger partial charge in [-0.05, 0) is 18.2 Å². The fourth-order valence-corrected chi connectivity index (χ4v) is 3.34. The first-order valence-corrected chi connectivity index (χ1v) is 9.69. The number of halogens is 3. The Morgan fingerprint density at radius 1 is 1.40 bits per heavy atom. The van der Waals surface area contributed by atoms with E-state index in [1.165, 1.54) is 13.3 Å². The lowest BCUT2D eigenvalue weighted by atomic mass is 10.2. The number of pyridine rings is 1. The molecule has 11 heteroatoms. The molecule has 0 saturated heterocycles. The fourth-order valence-electron chi connectivity index (χ4n) is 2.62. The Morgan fingerprint density at radius 2 is 2.17 bits per heavy atom. The highest BCUT2D eigenvalue weighted by molar-refractivity contribution is 9.10. The van der Waals surface area contributed by atoms with E-state index in [1.54, 1.807) is 18.2 Å². The summed E-state index contributed by atoms with van der Waals surface area (Å²) in [6.07, 6.45) is 1.23. The number of furan rings is 1. The summed E-state index contributed by atoms with van der Waals surface area (Å²) in [6.45, 7) is 3.58. The highest BCUT2D eigenvalue weighted by Gasteiger charge is 2.26. The quantitative estimate of drug-likeness (QED) is 0.273. The van der Waals surface area contributed by atoms with Gasteiger partial charge in [-0.25, -0.2) is 9.87 Å². The van der Waals surface area contributed by atoms with Crippen LogP contribution in [0.5, 0.6) is 0 Å². The number of fused-ring (bicyclic) bond motifs is 1. The molecule has 1 aromatic carbocycles. The molecule has 2 aromatic heterocycles. The van der Waals surface area contributed by atoms with E-state index >= 15 is 0 Å². The third kappa shape index (κ3) is 4.50. The molecular formula is C19H16BrClFN3O5. The summed E-state index contributed by atoms with van der Waals surface area (Å²) in [7, 11) is 1.43. The molecule has 0 spiro atoms. The van der Waals surface area contributed by atoms with E-state index in [9.17, 15) is 14.0 Å². The minimum Gasteiger partial charge on any atom is -0.499 e. The summed E-state index contributed by atoms with van der Waals surface area (Å²) in [5.41, 5.74) is 1.82. The Kier molecular flexibility index (Phi) is 6.80. The van der Waals surface area contributed by atoms with E-state index < -0.39 is 17.3 Å². The maximum absolute atomic E-state index is 14.4. The summed E-state index contributed by atoms with van der Waals surface area (Å²) in [6, 6.07) is 5.77. The van der Waals surface area contributed by atoms with Gasteiger partial charge in [-0.15, -0.1) is 0 Å². The van der Waals surface area contributed by atoms with Crippen molar-refractivity contribution >= 4 is 55.9 Å². The average Bonchev–Trinajstić information content (AvgIpc) is 3.08. The molecule has 3 aromatic rings. The lowest BCUT2D eigenvalue weighted by Crippen LogP contribution is -2.25. The second-order valence-corrected chi connectivity index (χ2v) is 7.26. The zero-order valence-electron chi connectivity index (χ0n) is 15.6. The van der Waals surface area contributed by atoms with Crippen LogP contribution < -0.4 is 16.4 Å². The standard InChI is InChI=1S/C19H16BrClFN3O5/c1-3-28-6-7-29-24-19(27)18-15(23-13-5-4-10(20)8-11(13)21)16-17(30-18)12(22)9-14(26)25(16)2/h3-5,8-9,23H,1,6-7H2,2H3,(H,24,27). The number of rotatable bonds is 8. The fraction of sp³-hybridized carbons (Fsp3) is 0.158. The number of nitrogens with one attached hydrogen (secondary N) is 2. The van der Waals surface area contributed by atoms with Crippen LogP contribution in [0.15, 0.2) is 50.8 Å². The van der Waals surface area contributed by atoms with Crippen molar-refractivity contribution in [2.45, 2.75) is 0 Å². The van der Waals surface area contributed by atoms with Gasteiger partial charge in [-0.3, -0.25) is 14.4 Å². The molecule has 158 valence electrons. The lowest BCUT2D eigenvalue weighted by molar-refractivity contribution is 0.0129. The van der Waals surface area contributed by atoms with Crippen LogP contribution in [0.1, 0.15) is 10.6 Å². The number of nitrogens with zero attached hydrogens (tertiary/aromatic N) is 1. The third-order valence-corrected chi connectivity index (χ3v) is 4.81. The van der Waals surface area contributed by atoms with Crippen molar-refractivity contribution in [3.8, 4) is 0 Å². The molecule has 0 radical (unpaired) electrons. The topological polar surface area (TPSA) is 94.7 Å². The van der Waals surface area contributed by atoms with E-state index in [1.807, 2.05) is 0 Å². The average molecular weight is 501 g/mol. The van der Waals surface area contributed by atoms with Crippen LogP contribution >= 0.6 is 27.5 Å². The zero-order valence-corrected chi connectivity index (χ0v) is 18.0. The van der Waals surface area contributed by atoms with Crippen LogP contribution in [0.4, 0.5) is 15.8 Å². The van der Waals surface area contributed by atoms with Crippen molar-refractivity contribution in [3.05, 3.63) is 68.5 Å². The van der Waals surface area contributed by atoms with Crippen molar-refractivity contribution in [1.29, 1.82) is 0 Å². The Hall–Kier alpha value is -2.82. The molecule has 2 N–H and O–H groups in total. The highest BCUT2D eigenvalue weighted by Crippen LogP contribution is 2.36. The van der Waals surface area contributed by atoms with Gasteiger partial charge in [0.05, 0.1) is 17.0 Å². The molecule has 1 amide bonds. The highest BCUT2D eigenvalue weighted by atomic mass is 79.9. The second kappa shape index (κ2) is 9.33. The van der Waals surface area contributed by atoms with E-state index in [0.717, 1.165) is 15.1 Å². The number of carbonyl (C=O) groups excluding carboxylic acids is 1. The monoisotopic (exact) mass is 499 g/mol. The zero-order chi connectivity index (χ0) is 21.8. The van der Waals surface area contributed by atoms with Gasteiger partial charge in [-0.2, -0.15) is 0 Å². The molecular weight excluding hydrogens is 485 g/mol. The molecule has 8 nitrogen and oxygen atoms in total. The van der Waals surface area contributed by atoms with Gasteiger partial charge >= 0.3 is 5.91 Å². The van der Waals surface area contributed by atoms with Crippen molar-refractivity contribution in [2.75, 3.05) is 18.5 Å². The van der Waals surface area contributed by atoms with Crippen LogP contribution in [-0.4, -0.2) is 23.7 Å². The Morgan fingerprint density at radius 3 is 2.87 bits per heavy atom. The van der Waals surface area contributed by atoms with E-state index in [4.69, 9.17) is 25.6 Å². The maximum atomic E-state index is 14.4. The number of hydrogen-bond donors (Lipinski definition) is 2. The second-order valence-electron chi connectivity index (χ2n) is 5.94. The Labute approximate surface area is 183 Å². The first kappa shape index (κ1) is 21.9. The molecule has 3 rings (SSSR count). The predicted octanol–water partition coefficient (Wildman–Crippen LogP) is 4.25. The number of aromatic nitrogens is 1. The smallest absolute Gasteiger partial charge is 0.312 e. The summed E-state index contributed by atoms with van der Waals surface area (Å²) >= 11 is 9.56. The Balaban J connectivity index is 2.05. The van der Waals surface area contributed by atoms with Gasteiger partial charge in [0, 0.05) is 17.6 Å². The summed E-state index contributed by atoms with van der Waals surface area (Å²) < 4.78 is 26.6. The van der Waals surface area contributed by atoms with E-state index in [0.29, 0.717) is 10.7 Å². The van der Waals surface area contributed by atoms with Crippen LogP contribution in [0, 0.1) is 5.82 Å². The molecule has 0 aliphatic rings. The summed E-state index contributed by atoms with van der Waals surface area (Å²) in [4.78, 5) is 29.7. The normalized spacial score (nSPS) is 10.8. The van der Waals surface area contributed by atoms with Gasteiger partial charge < -0.3 is 19.0 Å². The third-order valence-electron chi connectivity index (χ3n) is 4.00. The number of hydrogen-bond acceptors (Lipinski definition) is 6. The Bertz CT molecular complexity index is 1180. The first-order chi connectivity index (χ1) is 14.3. The van der Waals surface area contributed by atoms with Gasteiger partial charge in [0.15, 0.2) is 11.4 Å². The van der Waals surface area contributed by atoms with Crippen LogP contribution in [0.25, 0.3) is 11.1 Å². The molecule has 0 aliphatic carbocycles. The van der Waals surface area contributed by atoms with Crippen molar-refractivity contribution in [1.82, 2.24) is 10.0 Å². The van der Waals surface area contributed by atoms with E-state index in [-0.39, 0.29) is 35.8 Å². The number of amides is 1. The van der Waals surface area contributed by atoms with Crippen molar-refractivity contribution in [2.24, 2.45) is 7.05 Å². The number of aryl methyl sites for hydroxylation is 1. The molecule has 0 fully saturated rings. The summed E-state index contributed by atoms with van der Waals surface area (Å²) in [5.74, 6) is -2.00. The van der Waals surface area contributed by atoms with Gasteiger partial charge in [0.25, 0.3) is 5.56 Å². The van der Waals surface area contributed by atoms with Crippen molar-refractivity contribution in [3.63, 3.8) is 0 Å². The summed E-state index contributed by atoms with van der Waals surface area (Å²) in [5, 5.41) is 3.27. The van der Waals surface area contributed by atoms with E-state index in [2.05, 4.69) is 33.3 Å². The van der Waals surface area contributed by atoms with Crippen LogP contribution in [0.3, 0.4) is 0 Å². The molecule has 2 heterocycles. The SMILES string of the molecule is C=COCCONC(=O)c1oc2c(F)cc(=O)n(C)c2c1Nc1ccc(Br)cc1Cl. The first-order valence-electron chi connectivity index (χ1n) is 8.52. The minimum atomic E-state index is -0.905. The number of hydroxylamine groups is 1. The molecule has 30 heavy (non-hydrogen) atoms. The van der Waals surface area contributed by atoms with Gasteiger partial charge in [0.1, 0.15) is 24.4 Å². The number of anilines is 2. The molecule has 0 bridgehead atoms. The molecule has 0 saturated carbocycles. The minimum absolute atomic E-state index is 0.0339.